The van der Waals surface area contributed by atoms with E-state index in [1.807, 2.05) is 24.3 Å². The average Bonchev–Trinajstić information content (AvgIpc) is 4.27. The van der Waals surface area contributed by atoms with Gasteiger partial charge in [-0.25, -0.2) is 13.4 Å². The molecule has 15 heteroatoms. The highest BCUT2D eigenvalue weighted by molar-refractivity contribution is 7.91. The lowest BCUT2D eigenvalue weighted by molar-refractivity contribution is -0.153. The van der Waals surface area contributed by atoms with Crippen molar-refractivity contribution in [1.29, 1.82) is 0 Å². The van der Waals surface area contributed by atoms with Gasteiger partial charge in [0, 0.05) is 37.9 Å². The zero-order valence-electron chi connectivity index (χ0n) is 38.1. The summed E-state index contributed by atoms with van der Waals surface area (Å²) in [6.45, 7) is 10.3. The molecule has 9 rings (SSSR count). The van der Waals surface area contributed by atoms with Gasteiger partial charge in [-0.3, -0.25) is 28.8 Å². The van der Waals surface area contributed by atoms with Gasteiger partial charge in [0.1, 0.15) is 18.0 Å². The fraction of sp³-hybridized carbons (Fsp3) is 0.700. The maximum Gasteiger partial charge on any atom is 0.306 e. The van der Waals surface area contributed by atoms with Gasteiger partial charge in [0.2, 0.25) is 27.7 Å². The number of fused-ring (bicyclic) bond motifs is 5. The first-order chi connectivity index (χ1) is 31.4. The van der Waals surface area contributed by atoms with Crippen molar-refractivity contribution in [3.05, 3.63) is 42.5 Å². The number of hydrogen-bond donors (Lipinski definition) is 1. The Balaban J connectivity index is 1.04. The third-order valence-electron chi connectivity index (χ3n) is 15.8. The number of amides is 2. The smallest absolute Gasteiger partial charge is 0.306 e. The van der Waals surface area contributed by atoms with Gasteiger partial charge < -0.3 is 23.8 Å². The fourth-order valence-corrected chi connectivity index (χ4v) is 12.5. The number of para-hydroxylation sites is 1. The summed E-state index contributed by atoms with van der Waals surface area (Å²) < 4.78 is 53.1. The highest BCUT2D eigenvalue weighted by Crippen LogP contribution is 2.57. The van der Waals surface area contributed by atoms with Crippen LogP contribution in [0.5, 0.6) is 11.6 Å². The maximum atomic E-state index is 15.2. The number of ketones is 1. The number of carbonyl (C=O) groups excluding carboxylic acids is 4. The first kappa shape index (κ1) is 46.0. The molecular formula is C50H68N4O10S. The van der Waals surface area contributed by atoms with Gasteiger partial charge in [-0.15, -0.1) is 6.58 Å². The highest BCUT2D eigenvalue weighted by atomic mass is 32.2. The van der Waals surface area contributed by atoms with Crippen LogP contribution in [0.4, 0.5) is 0 Å². The second-order valence-electron chi connectivity index (χ2n) is 20.4. The predicted molar refractivity (Wildman–Crippen MR) is 244 cm³/mol. The molecule has 65 heavy (non-hydrogen) atoms. The van der Waals surface area contributed by atoms with E-state index in [-0.39, 0.29) is 61.9 Å². The normalized spacial score (nSPS) is 31.0. The summed E-state index contributed by atoms with van der Waals surface area (Å²) >= 11 is 0. The van der Waals surface area contributed by atoms with Crippen LogP contribution in [0.2, 0.25) is 0 Å². The first-order valence-corrected chi connectivity index (χ1v) is 26.1. The Morgan fingerprint density at radius 3 is 2.46 bits per heavy atom. The molecule has 2 bridgehead atoms. The minimum absolute atomic E-state index is 0.0449. The molecule has 1 N–H and O–H groups in total. The minimum atomic E-state index is -3.96. The van der Waals surface area contributed by atoms with Crippen LogP contribution in [0.15, 0.2) is 36.9 Å². The van der Waals surface area contributed by atoms with Crippen LogP contribution in [-0.2, 0) is 45.1 Å². The molecule has 4 aliphatic carbocycles. The number of Topliss-reactive ketones (excluding diaryl/α,β-unsaturated/α-hetero) is 1. The Labute approximate surface area is 383 Å². The Bertz CT molecular complexity index is 2240. The summed E-state index contributed by atoms with van der Waals surface area (Å²) in [7, 11) is -3.96. The number of carbonyl (C=O) groups is 4. The van der Waals surface area contributed by atoms with Gasteiger partial charge in [0.05, 0.1) is 66.0 Å². The van der Waals surface area contributed by atoms with Crippen molar-refractivity contribution in [3.8, 4) is 11.6 Å². The zero-order valence-corrected chi connectivity index (χ0v) is 39.0. The Morgan fingerprint density at radius 2 is 1.72 bits per heavy atom. The van der Waals surface area contributed by atoms with Crippen molar-refractivity contribution in [1.82, 2.24) is 19.5 Å². The number of pyridine rings is 1. The zero-order chi connectivity index (χ0) is 45.3. The number of esters is 1. The van der Waals surface area contributed by atoms with E-state index in [2.05, 4.69) is 16.2 Å². The van der Waals surface area contributed by atoms with Crippen LogP contribution in [0.25, 0.3) is 10.9 Å². The molecule has 4 saturated carbocycles. The third kappa shape index (κ3) is 10.1. The van der Waals surface area contributed by atoms with Crippen LogP contribution in [0.1, 0.15) is 122 Å². The van der Waals surface area contributed by atoms with Crippen LogP contribution in [-0.4, -0.2) is 116 Å². The number of benzene rings is 1. The molecule has 1 aromatic heterocycles. The summed E-state index contributed by atoms with van der Waals surface area (Å²) in [6.07, 6.45) is 12.5. The van der Waals surface area contributed by atoms with Crippen molar-refractivity contribution in [2.45, 2.75) is 145 Å². The lowest BCUT2D eigenvalue weighted by Crippen LogP contribution is -2.48. The van der Waals surface area contributed by atoms with Crippen LogP contribution < -0.4 is 14.2 Å². The summed E-state index contributed by atoms with van der Waals surface area (Å²) in [4.78, 5) is 66.9. The summed E-state index contributed by atoms with van der Waals surface area (Å²) in [5.74, 6) is -1.32. The van der Waals surface area contributed by atoms with E-state index in [0.717, 1.165) is 126 Å². The van der Waals surface area contributed by atoms with Gasteiger partial charge >= 0.3 is 5.97 Å². The van der Waals surface area contributed by atoms with Gasteiger partial charge in [-0.1, -0.05) is 50.3 Å². The van der Waals surface area contributed by atoms with E-state index in [9.17, 15) is 22.8 Å². The number of nitrogens with one attached hydrogen (secondary N) is 1. The summed E-state index contributed by atoms with van der Waals surface area (Å²) in [5.41, 5.74) is 0.291. The summed E-state index contributed by atoms with van der Waals surface area (Å²) in [5, 5.41) is 0.903. The Kier molecular flexibility index (Phi) is 13.6. The molecule has 2 aromatic rings. The standard InChI is InChI=1S/C50H68N4O10S/c1-3-35-30-50(35,48(58)52-65(59,60)49(2)19-20-49)31-42(55)41-28-36-32-54(41)47(57)39(33-13-6-4-7-14-33)29-44(56)64-43-27-34(43)15-8-5-9-17-38-45(62-24-12-21-53-22-25-61-26-23-53)37-16-10-11-18-40(37)51-46(38)63-36/h3,10-11,16,18,33-36,39,41,43H,1,4-9,12-15,17,19-32H2,2H3,(H,52,58)/t34-,35-,36-,39+,41+,43-,50?/m1/s1. The van der Waals surface area contributed by atoms with Crippen molar-refractivity contribution >= 4 is 44.5 Å². The largest absolute Gasteiger partial charge is 0.492 e. The quantitative estimate of drug-likeness (QED) is 0.132. The van der Waals surface area contributed by atoms with Gasteiger partial charge in [-0.05, 0) is 101 Å². The van der Waals surface area contributed by atoms with Crippen LogP contribution >= 0.6 is 0 Å². The average molecular weight is 917 g/mol. The molecule has 7 aliphatic rings. The second kappa shape index (κ2) is 19.3. The number of ether oxygens (including phenoxy) is 4. The topological polar surface area (TPSA) is 171 Å². The van der Waals surface area contributed by atoms with Crippen molar-refractivity contribution in [2.75, 3.05) is 46.0 Å². The van der Waals surface area contributed by atoms with Gasteiger partial charge in [-0.2, -0.15) is 0 Å². The number of morpholine rings is 1. The minimum Gasteiger partial charge on any atom is -0.492 e. The number of rotatable bonds is 13. The number of hydrogen-bond acceptors (Lipinski definition) is 12. The molecule has 0 spiro atoms. The highest BCUT2D eigenvalue weighted by Gasteiger charge is 2.62. The van der Waals surface area contributed by atoms with E-state index in [1.165, 1.54) is 0 Å². The fourth-order valence-electron chi connectivity index (χ4n) is 11.1. The van der Waals surface area contributed by atoms with Crippen molar-refractivity contribution in [2.24, 2.45) is 29.1 Å². The first-order valence-electron chi connectivity index (χ1n) is 24.6. The van der Waals surface area contributed by atoms with Crippen LogP contribution in [0.3, 0.4) is 0 Å². The number of aromatic nitrogens is 1. The molecular weight excluding hydrogens is 849 g/mol. The number of sulfonamides is 1. The molecule has 7 atom stereocenters. The van der Waals surface area contributed by atoms with Gasteiger partial charge in [0.15, 0.2) is 5.78 Å². The SMILES string of the molecule is C=C[C@@H]1CC1(CC(=O)[C@@H]1C[C@@H]2CN1C(=O)[C@H](C1CCCCC1)CC(=O)O[C@@H]1C[C@H]1CCCCCc1c(nc3ccccc3c1OCCCN1CCOCC1)O2)C(=O)NS(=O)(=O)C1(C)CC1. The lowest BCUT2D eigenvalue weighted by atomic mass is 9.77. The Hall–Kier alpha value is -4.08. The number of allylic oxidation sites excluding steroid dienone is 1. The van der Waals surface area contributed by atoms with Crippen molar-refractivity contribution in [3.63, 3.8) is 0 Å². The van der Waals surface area contributed by atoms with Gasteiger partial charge in [0.25, 0.3) is 0 Å². The summed E-state index contributed by atoms with van der Waals surface area (Å²) in [6, 6.07) is 6.93. The molecule has 1 aromatic carbocycles. The molecule has 0 radical (unpaired) electrons. The monoisotopic (exact) mass is 916 g/mol. The molecule has 2 amide bonds. The maximum absolute atomic E-state index is 15.2. The van der Waals surface area contributed by atoms with E-state index < -0.39 is 50.1 Å². The number of nitrogens with zero attached hydrogens (tertiary/aromatic N) is 3. The van der Waals surface area contributed by atoms with E-state index >= 15 is 4.79 Å². The molecule has 2 saturated heterocycles. The van der Waals surface area contributed by atoms with E-state index in [0.29, 0.717) is 37.7 Å². The molecule has 3 aliphatic heterocycles. The molecule has 6 fully saturated rings. The second-order valence-corrected chi connectivity index (χ2v) is 22.6. The molecule has 14 nitrogen and oxygen atoms in total. The van der Waals surface area contributed by atoms with Crippen LogP contribution in [0, 0.1) is 29.1 Å². The van der Waals surface area contributed by atoms with E-state index in [1.54, 1.807) is 17.9 Å². The van der Waals surface area contributed by atoms with Crippen molar-refractivity contribution < 1.29 is 46.5 Å². The molecule has 4 heterocycles. The predicted octanol–water partition coefficient (Wildman–Crippen LogP) is 6.47. The Morgan fingerprint density at radius 1 is 0.985 bits per heavy atom. The van der Waals surface area contributed by atoms with E-state index in [4.69, 9.17) is 23.9 Å². The molecule has 354 valence electrons. The molecule has 1 unspecified atom stereocenters. The lowest BCUT2D eigenvalue weighted by Gasteiger charge is -2.34. The third-order valence-corrected chi connectivity index (χ3v) is 18.0.